The van der Waals surface area contributed by atoms with Crippen molar-refractivity contribution in [2.45, 2.75) is 6.92 Å². The third-order valence-corrected chi connectivity index (χ3v) is 5.65. The van der Waals surface area contributed by atoms with Crippen LogP contribution in [0.5, 0.6) is 0 Å². The molecule has 146 valence electrons. The van der Waals surface area contributed by atoms with Gasteiger partial charge >= 0.3 is 0 Å². The molecular weight excluding hydrogens is 386 g/mol. The molecular formula is C21H19N5O2S. The van der Waals surface area contributed by atoms with Crippen LogP contribution in [0.2, 0.25) is 0 Å². The molecule has 2 N–H and O–H groups in total. The summed E-state index contributed by atoms with van der Waals surface area (Å²) < 4.78 is 26.0. The molecule has 0 aliphatic rings. The van der Waals surface area contributed by atoms with Crippen molar-refractivity contribution in [3.63, 3.8) is 0 Å². The summed E-state index contributed by atoms with van der Waals surface area (Å²) >= 11 is 0. The Morgan fingerprint density at radius 3 is 2.28 bits per heavy atom. The predicted octanol–water partition coefficient (Wildman–Crippen LogP) is 4.20. The molecule has 0 aliphatic carbocycles. The molecule has 4 aromatic rings. The van der Waals surface area contributed by atoms with E-state index in [1.165, 1.54) is 0 Å². The second-order valence-electron chi connectivity index (χ2n) is 6.36. The van der Waals surface area contributed by atoms with Gasteiger partial charge in [-0.05, 0) is 55.5 Å². The minimum absolute atomic E-state index is 0.0255. The van der Waals surface area contributed by atoms with Gasteiger partial charge in [-0.25, -0.2) is 18.4 Å². The van der Waals surface area contributed by atoms with Gasteiger partial charge < -0.3 is 5.32 Å². The van der Waals surface area contributed by atoms with Crippen molar-refractivity contribution < 1.29 is 8.42 Å². The maximum atomic E-state index is 11.7. The molecule has 0 atom stereocenters. The monoisotopic (exact) mass is 405 g/mol. The molecule has 0 radical (unpaired) electrons. The van der Waals surface area contributed by atoms with Crippen molar-refractivity contribution in [3.05, 3.63) is 73.1 Å². The summed E-state index contributed by atoms with van der Waals surface area (Å²) in [5.41, 5.74) is 3.00. The summed E-state index contributed by atoms with van der Waals surface area (Å²) in [5, 5.41) is 4.21. The fraction of sp³-hybridized carbons (Fsp3) is 0.0952. The van der Waals surface area contributed by atoms with E-state index in [1.807, 2.05) is 36.4 Å². The fourth-order valence-corrected chi connectivity index (χ4v) is 3.45. The lowest BCUT2D eigenvalue weighted by Gasteiger charge is -2.12. The SMILES string of the molecule is CCS(=O)(=O)Nc1ccc(Nc2nc(-c3ccncc3)nc3ccccc23)cc1. The second kappa shape index (κ2) is 7.84. The Morgan fingerprint density at radius 2 is 1.55 bits per heavy atom. The number of sulfonamides is 1. The Kier molecular flexibility index (Phi) is 5.09. The lowest BCUT2D eigenvalue weighted by atomic mass is 10.2. The summed E-state index contributed by atoms with van der Waals surface area (Å²) in [6, 6.07) is 18.5. The number of fused-ring (bicyclic) bond motifs is 1. The zero-order valence-corrected chi connectivity index (χ0v) is 16.5. The number of pyridine rings is 1. The van der Waals surface area contributed by atoms with E-state index in [1.54, 1.807) is 43.6 Å². The molecule has 0 amide bonds. The normalized spacial score (nSPS) is 11.3. The van der Waals surface area contributed by atoms with Crippen molar-refractivity contribution in [2.75, 3.05) is 15.8 Å². The molecule has 0 saturated carbocycles. The van der Waals surface area contributed by atoms with Gasteiger partial charge in [-0.3, -0.25) is 9.71 Å². The van der Waals surface area contributed by atoms with Crippen LogP contribution in [0.25, 0.3) is 22.3 Å². The average Bonchev–Trinajstić information content (AvgIpc) is 2.75. The van der Waals surface area contributed by atoms with E-state index in [9.17, 15) is 8.42 Å². The highest BCUT2D eigenvalue weighted by Gasteiger charge is 2.10. The highest BCUT2D eigenvalue weighted by molar-refractivity contribution is 7.92. The Labute approximate surface area is 168 Å². The van der Waals surface area contributed by atoms with E-state index in [-0.39, 0.29) is 5.75 Å². The Hall–Kier alpha value is -3.52. The molecule has 0 bridgehead atoms. The van der Waals surface area contributed by atoms with Gasteiger partial charge in [0, 0.05) is 34.7 Å². The standard InChI is InChI=1S/C21H19N5O2S/c1-2-29(27,28)26-17-9-7-16(8-10-17)23-21-18-5-3-4-6-19(18)24-20(25-21)15-11-13-22-14-12-15/h3-14,26H,2H2,1H3,(H,23,24,25). The number of nitrogens with zero attached hydrogens (tertiary/aromatic N) is 3. The van der Waals surface area contributed by atoms with E-state index in [0.717, 1.165) is 22.2 Å². The first-order chi connectivity index (χ1) is 14.0. The number of benzene rings is 2. The van der Waals surface area contributed by atoms with Crippen LogP contribution in [0.15, 0.2) is 73.1 Å². The number of hydrogen-bond acceptors (Lipinski definition) is 6. The molecule has 29 heavy (non-hydrogen) atoms. The molecule has 0 aliphatic heterocycles. The molecule has 7 nitrogen and oxygen atoms in total. The van der Waals surface area contributed by atoms with E-state index in [4.69, 9.17) is 4.98 Å². The van der Waals surface area contributed by atoms with Crippen molar-refractivity contribution in [2.24, 2.45) is 0 Å². The number of rotatable bonds is 6. The summed E-state index contributed by atoms with van der Waals surface area (Å²) in [6.07, 6.45) is 3.41. The van der Waals surface area contributed by atoms with Gasteiger partial charge in [0.25, 0.3) is 0 Å². The molecule has 0 spiro atoms. The molecule has 0 unspecified atom stereocenters. The van der Waals surface area contributed by atoms with Crippen LogP contribution in [0.1, 0.15) is 6.92 Å². The van der Waals surface area contributed by atoms with Crippen molar-refractivity contribution in [3.8, 4) is 11.4 Å². The van der Waals surface area contributed by atoms with Crippen LogP contribution in [-0.4, -0.2) is 29.1 Å². The minimum Gasteiger partial charge on any atom is -0.340 e. The van der Waals surface area contributed by atoms with Crippen LogP contribution in [0.4, 0.5) is 17.2 Å². The molecule has 0 saturated heterocycles. The van der Waals surface area contributed by atoms with Gasteiger partial charge in [0.15, 0.2) is 5.82 Å². The highest BCUT2D eigenvalue weighted by Crippen LogP contribution is 2.27. The average molecular weight is 405 g/mol. The maximum absolute atomic E-state index is 11.7. The molecule has 0 fully saturated rings. The van der Waals surface area contributed by atoms with Crippen LogP contribution in [-0.2, 0) is 10.0 Å². The second-order valence-corrected chi connectivity index (χ2v) is 8.37. The van der Waals surface area contributed by atoms with Crippen molar-refractivity contribution in [1.82, 2.24) is 15.0 Å². The van der Waals surface area contributed by atoms with Crippen molar-refractivity contribution >= 4 is 38.1 Å². The summed E-state index contributed by atoms with van der Waals surface area (Å²) in [5.74, 6) is 1.29. The number of anilines is 3. The minimum atomic E-state index is -3.31. The van der Waals surface area contributed by atoms with E-state index in [0.29, 0.717) is 17.3 Å². The first kappa shape index (κ1) is 18.8. The summed E-state index contributed by atoms with van der Waals surface area (Å²) in [6.45, 7) is 1.60. The molecule has 2 heterocycles. The van der Waals surface area contributed by atoms with Gasteiger partial charge in [-0.1, -0.05) is 12.1 Å². The van der Waals surface area contributed by atoms with Gasteiger partial charge in [0.05, 0.1) is 11.3 Å². The van der Waals surface area contributed by atoms with E-state index in [2.05, 4.69) is 20.0 Å². The first-order valence-electron chi connectivity index (χ1n) is 9.09. The summed E-state index contributed by atoms with van der Waals surface area (Å²) in [7, 11) is -3.31. The van der Waals surface area contributed by atoms with E-state index < -0.39 is 10.0 Å². The lowest BCUT2D eigenvalue weighted by Crippen LogP contribution is -2.14. The van der Waals surface area contributed by atoms with Crippen molar-refractivity contribution in [1.29, 1.82) is 0 Å². The maximum Gasteiger partial charge on any atom is 0.232 e. The van der Waals surface area contributed by atoms with Gasteiger partial charge in [0.1, 0.15) is 5.82 Å². The van der Waals surface area contributed by atoms with Gasteiger partial charge in [-0.2, -0.15) is 0 Å². The summed E-state index contributed by atoms with van der Waals surface area (Å²) in [4.78, 5) is 13.4. The Balaban J connectivity index is 1.68. The zero-order chi connectivity index (χ0) is 20.3. The Morgan fingerprint density at radius 1 is 0.862 bits per heavy atom. The Bertz CT molecular complexity index is 1240. The lowest BCUT2D eigenvalue weighted by molar-refractivity contribution is 0.602. The fourth-order valence-electron chi connectivity index (χ4n) is 2.81. The third kappa shape index (κ3) is 4.33. The number of hydrogen-bond donors (Lipinski definition) is 2. The van der Waals surface area contributed by atoms with Crippen LogP contribution < -0.4 is 10.0 Å². The quantitative estimate of drug-likeness (QED) is 0.499. The molecule has 8 heteroatoms. The largest absolute Gasteiger partial charge is 0.340 e. The van der Waals surface area contributed by atoms with Crippen LogP contribution in [0, 0.1) is 0 Å². The first-order valence-corrected chi connectivity index (χ1v) is 10.7. The van der Waals surface area contributed by atoms with Gasteiger partial charge in [0.2, 0.25) is 10.0 Å². The topological polar surface area (TPSA) is 96.9 Å². The number of aromatic nitrogens is 3. The molecule has 2 aromatic carbocycles. The smallest absolute Gasteiger partial charge is 0.232 e. The molecule has 4 rings (SSSR count). The van der Waals surface area contributed by atoms with Gasteiger partial charge in [-0.15, -0.1) is 0 Å². The molecule has 2 aromatic heterocycles. The third-order valence-electron chi connectivity index (χ3n) is 4.34. The van der Waals surface area contributed by atoms with E-state index >= 15 is 0 Å². The van der Waals surface area contributed by atoms with Crippen LogP contribution >= 0.6 is 0 Å². The number of para-hydroxylation sites is 1. The highest BCUT2D eigenvalue weighted by atomic mass is 32.2. The zero-order valence-electron chi connectivity index (χ0n) is 15.7. The number of nitrogens with one attached hydrogen (secondary N) is 2. The predicted molar refractivity (Wildman–Crippen MR) is 116 cm³/mol. The van der Waals surface area contributed by atoms with Crippen LogP contribution in [0.3, 0.4) is 0 Å².